The average molecular weight is 251 g/mol. The molecule has 17 heavy (non-hydrogen) atoms. The Hall–Kier alpha value is -1.81. The fraction of sp³-hybridized carbons (Fsp3) is 0.167. The van der Waals surface area contributed by atoms with Gasteiger partial charge in [-0.25, -0.2) is 4.68 Å². The number of nitrogens with one attached hydrogen (secondary N) is 1. The van der Waals surface area contributed by atoms with Gasteiger partial charge < -0.3 is 0 Å². The van der Waals surface area contributed by atoms with Crippen LogP contribution in [0, 0.1) is 6.92 Å². The molecule has 88 valence electrons. The summed E-state index contributed by atoms with van der Waals surface area (Å²) in [6, 6.07) is 6.80. The van der Waals surface area contributed by atoms with E-state index in [2.05, 4.69) is 5.10 Å². The van der Waals surface area contributed by atoms with Crippen LogP contribution in [0.3, 0.4) is 0 Å². The number of hydrogen-bond acceptors (Lipinski definition) is 2. The maximum Gasteiger partial charge on any atom is 0.282 e. The second kappa shape index (κ2) is 4.22. The Bertz CT molecular complexity index is 623. The van der Waals surface area contributed by atoms with Gasteiger partial charge in [0.1, 0.15) is 5.56 Å². The van der Waals surface area contributed by atoms with Gasteiger partial charge in [-0.15, -0.1) is 0 Å². The third-order valence-electron chi connectivity index (χ3n) is 2.51. The van der Waals surface area contributed by atoms with Gasteiger partial charge in [0, 0.05) is 10.7 Å². The van der Waals surface area contributed by atoms with Crippen LogP contribution in [0.15, 0.2) is 29.1 Å². The van der Waals surface area contributed by atoms with Crippen LogP contribution in [0.1, 0.15) is 23.0 Å². The Kier molecular flexibility index (Phi) is 2.90. The Balaban J connectivity index is 2.62. The molecule has 0 saturated carbocycles. The van der Waals surface area contributed by atoms with Crippen LogP contribution < -0.4 is 5.56 Å². The molecule has 2 rings (SSSR count). The van der Waals surface area contributed by atoms with Gasteiger partial charge in [-0.3, -0.25) is 14.7 Å². The van der Waals surface area contributed by atoms with Crippen molar-refractivity contribution < 1.29 is 4.79 Å². The molecule has 4 nitrogen and oxygen atoms in total. The highest BCUT2D eigenvalue weighted by Crippen LogP contribution is 2.12. The lowest BCUT2D eigenvalue weighted by Crippen LogP contribution is -2.19. The number of rotatable bonds is 2. The summed E-state index contributed by atoms with van der Waals surface area (Å²) in [6.45, 7) is 3.08. The molecule has 0 aliphatic carbocycles. The molecule has 0 saturated heterocycles. The summed E-state index contributed by atoms with van der Waals surface area (Å²) in [5.74, 6) is -0.239. The van der Waals surface area contributed by atoms with Gasteiger partial charge in [0.25, 0.3) is 5.56 Å². The normalized spacial score (nSPS) is 10.5. The number of aromatic nitrogens is 2. The molecule has 0 atom stereocenters. The molecular weight excluding hydrogens is 240 g/mol. The monoisotopic (exact) mass is 250 g/mol. The quantitative estimate of drug-likeness (QED) is 0.832. The minimum Gasteiger partial charge on any atom is -0.295 e. The summed E-state index contributed by atoms with van der Waals surface area (Å²) in [5.41, 5.74) is 1.07. The van der Waals surface area contributed by atoms with Gasteiger partial charge in [0.05, 0.1) is 5.69 Å². The van der Waals surface area contributed by atoms with E-state index >= 15 is 0 Å². The summed E-state index contributed by atoms with van der Waals surface area (Å²) < 4.78 is 1.34. The number of nitrogens with zero attached hydrogens (tertiary/aromatic N) is 1. The highest BCUT2D eigenvalue weighted by atomic mass is 35.5. The highest BCUT2D eigenvalue weighted by molar-refractivity contribution is 6.30. The second-order valence-corrected chi connectivity index (χ2v) is 4.22. The van der Waals surface area contributed by atoms with E-state index in [0.717, 1.165) is 0 Å². The molecule has 0 radical (unpaired) electrons. The fourth-order valence-electron chi connectivity index (χ4n) is 1.73. The number of carbonyl (C=O) groups excluding carboxylic acids is 1. The van der Waals surface area contributed by atoms with Gasteiger partial charge in [0.2, 0.25) is 0 Å². The molecular formula is C12H11ClN2O2. The van der Waals surface area contributed by atoms with Crippen molar-refractivity contribution >= 4 is 17.4 Å². The Morgan fingerprint density at radius 1 is 1.29 bits per heavy atom. The van der Waals surface area contributed by atoms with Crippen LogP contribution in [-0.2, 0) is 0 Å². The lowest BCUT2D eigenvalue weighted by atomic mass is 10.2. The summed E-state index contributed by atoms with van der Waals surface area (Å²) in [6.07, 6.45) is 0. The number of halogens is 1. The SMILES string of the molecule is CC(=O)c1c(C)[nH]n(-c2ccc(Cl)cc2)c1=O. The number of carbonyl (C=O) groups is 1. The lowest BCUT2D eigenvalue weighted by molar-refractivity contribution is 0.101. The second-order valence-electron chi connectivity index (χ2n) is 3.78. The van der Waals surface area contributed by atoms with E-state index in [1.54, 1.807) is 31.2 Å². The minimum atomic E-state index is -0.336. The summed E-state index contributed by atoms with van der Waals surface area (Å²) in [4.78, 5) is 23.3. The molecule has 0 unspecified atom stereocenters. The molecule has 1 N–H and O–H groups in total. The number of aryl methyl sites for hydroxylation is 1. The standard InChI is InChI=1S/C12H11ClN2O2/c1-7-11(8(2)16)12(17)15(14-7)10-5-3-9(13)4-6-10/h3-6,14H,1-2H3. The van der Waals surface area contributed by atoms with Crippen molar-refractivity contribution in [1.29, 1.82) is 0 Å². The first-order valence-corrected chi connectivity index (χ1v) is 5.47. The average Bonchev–Trinajstić information content (AvgIpc) is 2.55. The van der Waals surface area contributed by atoms with Crippen molar-refractivity contribution in [2.24, 2.45) is 0 Å². The van der Waals surface area contributed by atoms with Crippen molar-refractivity contribution in [2.45, 2.75) is 13.8 Å². The van der Waals surface area contributed by atoms with Crippen LogP contribution in [0.25, 0.3) is 5.69 Å². The highest BCUT2D eigenvalue weighted by Gasteiger charge is 2.15. The topological polar surface area (TPSA) is 54.9 Å². The van der Waals surface area contributed by atoms with Crippen LogP contribution in [0.5, 0.6) is 0 Å². The van der Waals surface area contributed by atoms with E-state index in [1.807, 2.05) is 0 Å². The van der Waals surface area contributed by atoms with Crippen LogP contribution >= 0.6 is 11.6 Å². The molecule has 5 heteroatoms. The third-order valence-corrected chi connectivity index (χ3v) is 2.76. The van der Waals surface area contributed by atoms with Gasteiger partial charge in [-0.1, -0.05) is 11.6 Å². The molecule has 0 aliphatic heterocycles. The Labute approximate surface area is 103 Å². The number of hydrogen-bond donors (Lipinski definition) is 1. The smallest absolute Gasteiger partial charge is 0.282 e. The first kappa shape index (κ1) is 11.7. The molecule has 0 aliphatic rings. The zero-order valence-electron chi connectivity index (χ0n) is 9.45. The van der Waals surface area contributed by atoms with E-state index in [1.165, 1.54) is 11.6 Å². The van der Waals surface area contributed by atoms with Gasteiger partial charge in [-0.05, 0) is 38.1 Å². The molecule has 0 fully saturated rings. The summed E-state index contributed by atoms with van der Waals surface area (Å²) >= 11 is 5.77. The maximum atomic E-state index is 12.0. The van der Waals surface area contributed by atoms with Crippen LogP contribution in [0.4, 0.5) is 0 Å². The van der Waals surface area contributed by atoms with Crippen molar-refractivity contribution in [3.63, 3.8) is 0 Å². The molecule has 2 aromatic rings. The molecule has 0 bridgehead atoms. The molecule has 1 heterocycles. The Morgan fingerprint density at radius 3 is 2.35 bits per heavy atom. The molecule has 0 spiro atoms. The number of benzene rings is 1. The predicted octanol–water partition coefficient (Wildman–Crippen LogP) is 2.33. The van der Waals surface area contributed by atoms with E-state index in [0.29, 0.717) is 16.4 Å². The van der Waals surface area contributed by atoms with Crippen molar-refractivity contribution in [1.82, 2.24) is 9.78 Å². The fourth-order valence-corrected chi connectivity index (χ4v) is 1.86. The first-order valence-electron chi connectivity index (χ1n) is 5.09. The summed E-state index contributed by atoms with van der Waals surface area (Å²) in [7, 11) is 0. The van der Waals surface area contributed by atoms with E-state index in [9.17, 15) is 9.59 Å². The van der Waals surface area contributed by atoms with Crippen LogP contribution in [-0.4, -0.2) is 15.6 Å². The van der Waals surface area contributed by atoms with Crippen molar-refractivity contribution in [2.75, 3.05) is 0 Å². The predicted molar refractivity (Wildman–Crippen MR) is 66.1 cm³/mol. The maximum absolute atomic E-state index is 12.0. The molecule has 0 amide bonds. The third kappa shape index (κ3) is 2.03. The van der Waals surface area contributed by atoms with Gasteiger partial charge in [-0.2, -0.15) is 0 Å². The molecule has 1 aromatic heterocycles. The number of H-pyrrole nitrogens is 1. The van der Waals surface area contributed by atoms with Gasteiger partial charge in [0.15, 0.2) is 5.78 Å². The molecule has 1 aromatic carbocycles. The number of ketones is 1. The van der Waals surface area contributed by atoms with Crippen LogP contribution in [0.2, 0.25) is 5.02 Å². The number of Topliss-reactive ketones (excluding diaryl/α,β-unsaturated/α-hetero) is 1. The zero-order valence-corrected chi connectivity index (χ0v) is 10.2. The van der Waals surface area contributed by atoms with Crippen molar-refractivity contribution in [3.8, 4) is 5.69 Å². The summed E-state index contributed by atoms with van der Waals surface area (Å²) in [5, 5.41) is 3.46. The zero-order chi connectivity index (χ0) is 12.6. The largest absolute Gasteiger partial charge is 0.295 e. The number of aromatic amines is 1. The van der Waals surface area contributed by atoms with E-state index in [4.69, 9.17) is 11.6 Å². The first-order chi connectivity index (χ1) is 8.00. The van der Waals surface area contributed by atoms with E-state index in [-0.39, 0.29) is 16.9 Å². The minimum absolute atomic E-state index is 0.194. The Morgan fingerprint density at radius 2 is 1.88 bits per heavy atom. The van der Waals surface area contributed by atoms with Crippen molar-refractivity contribution in [3.05, 3.63) is 50.9 Å². The van der Waals surface area contributed by atoms with Gasteiger partial charge >= 0.3 is 0 Å². The lowest BCUT2D eigenvalue weighted by Gasteiger charge is -2.00. The van der Waals surface area contributed by atoms with E-state index < -0.39 is 0 Å².